The highest BCUT2D eigenvalue weighted by Crippen LogP contribution is 2.22. The van der Waals surface area contributed by atoms with Crippen molar-refractivity contribution in [3.05, 3.63) is 59.6 Å². The lowest BCUT2D eigenvalue weighted by Gasteiger charge is -2.12. The normalized spacial score (nSPS) is 14.9. The Labute approximate surface area is 131 Å². The molecule has 0 atom stereocenters. The summed E-state index contributed by atoms with van der Waals surface area (Å²) in [5.74, 6) is 1.47. The third kappa shape index (κ3) is 4.08. The van der Waals surface area contributed by atoms with Gasteiger partial charge >= 0.3 is 0 Å². The molecule has 1 N–H and O–H groups in total. The minimum Gasteiger partial charge on any atom is -0.460 e. The number of nitrogens with one attached hydrogen (secondary N) is 1. The molecule has 0 saturated heterocycles. The molecule has 1 aromatic heterocycles. The quantitative estimate of drug-likeness (QED) is 0.595. The molecule has 2 aromatic rings. The predicted octanol–water partition coefficient (Wildman–Crippen LogP) is 5.07. The van der Waals surface area contributed by atoms with Gasteiger partial charge in [-0.2, -0.15) is 0 Å². The molecule has 0 bridgehead atoms. The van der Waals surface area contributed by atoms with Crippen LogP contribution in [0.25, 0.3) is 11.3 Å². The number of hydrogen-bond donors (Lipinski definition) is 1. The monoisotopic (exact) mass is 299 g/mol. The van der Waals surface area contributed by atoms with Crippen LogP contribution < -0.4 is 5.32 Å². The third-order valence-electron chi connectivity index (χ3n) is 4.10. The van der Waals surface area contributed by atoms with Crippen LogP contribution in [0.1, 0.15) is 37.9 Å². The van der Waals surface area contributed by atoms with E-state index in [1.54, 1.807) is 17.7 Å². The lowest BCUT2D eigenvalue weighted by molar-refractivity contribution is 0.493. The van der Waals surface area contributed by atoms with Gasteiger partial charge < -0.3 is 9.73 Å². The van der Waals surface area contributed by atoms with Crippen LogP contribution in [0, 0.1) is 5.82 Å². The zero-order chi connectivity index (χ0) is 15.2. The molecule has 116 valence electrons. The van der Waals surface area contributed by atoms with Gasteiger partial charge in [0.2, 0.25) is 0 Å². The van der Waals surface area contributed by atoms with Crippen molar-refractivity contribution in [2.45, 2.75) is 38.6 Å². The summed E-state index contributed by atoms with van der Waals surface area (Å²) < 4.78 is 18.7. The molecule has 2 nitrogen and oxygen atoms in total. The van der Waals surface area contributed by atoms with E-state index in [9.17, 15) is 4.39 Å². The highest BCUT2D eigenvalue weighted by atomic mass is 19.1. The van der Waals surface area contributed by atoms with Crippen molar-refractivity contribution in [2.24, 2.45) is 0 Å². The Morgan fingerprint density at radius 2 is 1.91 bits per heavy atom. The standard InChI is InChI=1S/C19H22FNO/c20-17-8-6-16(7-9-17)19-11-10-18(22-19)14-21-13-12-15-4-2-1-3-5-15/h4,6-11,21H,1-3,5,12-14H2. The average Bonchev–Trinajstić information content (AvgIpc) is 3.02. The molecule has 1 aliphatic rings. The lowest BCUT2D eigenvalue weighted by Crippen LogP contribution is -2.15. The number of halogens is 1. The minimum absolute atomic E-state index is 0.228. The smallest absolute Gasteiger partial charge is 0.134 e. The second kappa shape index (κ2) is 7.41. The van der Waals surface area contributed by atoms with Crippen molar-refractivity contribution in [1.82, 2.24) is 5.32 Å². The molecule has 22 heavy (non-hydrogen) atoms. The molecule has 0 radical (unpaired) electrons. The van der Waals surface area contributed by atoms with Gasteiger partial charge in [-0.3, -0.25) is 0 Å². The van der Waals surface area contributed by atoms with Gasteiger partial charge in [0.25, 0.3) is 0 Å². The summed E-state index contributed by atoms with van der Waals surface area (Å²) >= 11 is 0. The van der Waals surface area contributed by atoms with Crippen molar-refractivity contribution in [3.63, 3.8) is 0 Å². The summed E-state index contributed by atoms with van der Waals surface area (Å²) in [5.41, 5.74) is 2.49. The SMILES string of the molecule is Fc1ccc(-c2ccc(CNCCC3=CCCCC3)o2)cc1. The Kier molecular flexibility index (Phi) is 5.07. The zero-order valence-corrected chi connectivity index (χ0v) is 12.8. The van der Waals surface area contributed by atoms with Crippen molar-refractivity contribution in [3.8, 4) is 11.3 Å². The highest BCUT2D eigenvalue weighted by molar-refractivity contribution is 5.57. The average molecular weight is 299 g/mol. The van der Waals surface area contributed by atoms with Crippen LogP contribution in [0.4, 0.5) is 4.39 Å². The molecule has 1 aromatic carbocycles. The molecule has 1 heterocycles. The fourth-order valence-electron chi connectivity index (χ4n) is 2.83. The molecule has 0 fully saturated rings. The number of rotatable bonds is 6. The molecule has 3 heteroatoms. The Morgan fingerprint density at radius 3 is 2.68 bits per heavy atom. The van der Waals surface area contributed by atoms with Crippen LogP contribution in [0.3, 0.4) is 0 Å². The fourth-order valence-corrected chi connectivity index (χ4v) is 2.83. The van der Waals surface area contributed by atoms with Crippen molar-refractivity contribution >= 4 is 0 Å². The Morgan fingerprint density at radius 1 is 1.05 bits per heavy atom. The Balaban J connectivity index is 1.47. The van der Waals surface area contributed by atoms with E-state index in [0.29, 0.717) is 0 Å². The van der Waals surface area contributed by atoms with Gasteiger partial charge in [0.05, 0.1) is 6.54 Å². The molecule has 0 aliphatic heterocycles. The molecule has 0 unspecified atom stereocenters. The topological polar surface area (TPSA) is 25.2 Å². The molecule has 0 spiro atoms. The van der Waals surface area contributed by atoms with E-state index in [4.69, 9.17) is 4.42 Å². The van der Waals surface area contributed by atoms with Crippen LogP contribution in [0.5, 0.6) is 0 Å². The summed E-state index contributed by atoms with van der Waals surface area (Å²) in [6.45, 7) is 1.72. The van der Waals surface area contributed by atoms with Gasteiger partial charge in [0, 0.05) is 5.56 Å². The maximum atomic E-state index is 12.9. The number of furan rings is 1. The molecule has 0 saturated carbocycles. The first-order chi connectivity index (χ1) is 10.8. The lowest BCUT2D eigenvalue weighted by atomic mass is 9.97. The summed E-state index contributed by atoms with van der Waals surface area (Å²) in [7, 11) is 0. The van der Waals surface area contributed by atoms with Crippen molar-refractivity contribution in [2.75, 3.05) is 6.54 Å². The predicted molar refractivity (Wildman–Crippen MR) is 87.0 cm³/mol. The molecule has 0 amide bonds. The van der Waals surface area contributed by atoms with Crippen LogP contribution >= 0.6 is 0 Å². The van der Waals surface area contributed by atoms with Crippen LogP contribution in [-0.2, 0) is 6.54 Å². The molecular weight excluding hydrogens is 277 g/mol. The van der Waals surface area contributed by atoms with Gasteiger partial charge in [-0.1, -0.05) is 11.6 Å². The second-order valence-electron chi connectivity index (χ2n) is 5.81. The van der Waals surface area contributed by atoms with E-state index in [1.165, 1.54) is 37.8 Å². The first-order valence-corrected chi connectivity index (χ1v) is 8.04. The summed E-state index contributed by atoms with van der Waals surface area (Å²) in [5, 5.41) is 3.43. The first kappa shape index (κ1) is 15.0. The van der Waals surface area contributed by atoms with Crippen LogP contribution in [-0.4, -0.2) is 6.54 Å². The maximum Gasteiger partial charge on any atom is 0.134 e. The molecular formula is C19H22FNO. The third-order valence-corrected chi connectivity index (χ3v) is 4.10. The zero-order valence-electron chi connectivity index (χ0n) is 12.8. The van der Waals surface area contributed by atoms with Gasteiger partial charge in [0.15, 0.2) is 0 Å². The maximum absolute atomic E-state index is 12.9. The highest BCUT2D eigenvalue weighted by Gasteiger charge is 2.06. The Bertz CT molecular complexity index is 627. The fraction of sp³-hybridized carbons (Fsp3) is 0.368. The van der Waals surface area contributed by atoms with E-state index in [2.05, 4.69) is 11.4 Å². The largest absolute Gasteiger partial charge is 0.460 e. The van der Waals surface area contributed by atoms with Crippen LogP contribution in [0.15, 0.2) is 52.5 Å². The molecule has 1 aliphatic carbocycles. The van der Waals surface area contributed by atoms with Crippen molar-refractivity contribution < 1.29 is 8.81 Å². The van der Waals surface area contributed by atoms with E-state index >= 15 is 0 Å². The van der Waals surface area contributed by atoms with E-state index in [1.807, 2.05) is 12.1 Å². The number of allylic oxidation sites excluding steroid dienone is 1. The molecule has 3 rings (SSSR count). The van der Waals surface area contributed by atoms with E-state index in [0.717, 1.165) is 36.6 Å². The summed E-state index contributed by atoms with van der Waals surface area (Å²) in [6, 6.07) is 10.3. The number of hydrogen-bond acceptors (Lipinski definition) is 2. The van der Waals surface area contributed by atoms with Gasteiger partial charge in [0.1, 0.15) is 17.3 Å². The summed E-state index contributed by atoms with van der Waals surface area (Å²) in [6.07, 6.45) is 8.71. The van der Waals surface area contributed by atoms with E-state index < -0.39 is 0 Å². The first-order valence-electron chi connectivity index (χ1n) is 8.04. The number of benzene rings is 1. The van der Waals surface area contributed by atoms with Gasteiger partial charge in [-0.15, -0.1) is 0 Å². The van der Waals surface area contributed by atoms with Gasteiger partial charge in [-0.05, 0) is 75.0 Å². The van der Waals surface area contributed by atoms with E-state index in [-0.39, 0.29) is 5.82 Å². The van der Waals surface area contributed by atoms with Gasteiger partial charge in [-0.25, -0.2) is 4.39 Å². The Hall–Kier alpha value is -1.87. The minimum atomic E-state index is -0.228. The summed E-state index contributed by atoms with van der Waals surface area (Å²) in [4.78, 5) is 0. The van der Waals surface area contributed by atoms with Crippen molar-refractivity contribution in [1.29, 1.82) is 0 Å². The second-order valence-corrected chi connectivity index (χ2v) is 5.81. The van der Waals surface area contributed by atoms with Crippen LogP contribution in [0.2, 0.25) is 0 Å².